The van der Waals surface area contributed by atoms with E-state index < -0.39 is 0 Å². The zero-order valence-corrected chi connectivity index (χ0v) is 13.8. The van der Waals surface area contributed by atoms with Crippen LogP contribution >= 0.6 is 27.7 Å². The highest BCUT2D eigenvalue weighted by Crippen LogP contribution is 2.34. The number of hydrogen-bond donors (Lipinski definition) is 2. The van der Waals surface area contributed by atoms with Crippen molar-refractivity contribution in [3.05, 3.63) is 28.2 Å². The molecule has 0 bridgehead atoms. The van der Waals surface area contributed by atoms with Crippen molar-refractivity contribution in [2.75, 3.05) is 23.7 Å². The number of nitrogens with zero attached hydrogens (tertiary/aromatic N) is 1. The normalized spacial score (nSPS) is 19.0. The monoisotopic (exact) mass is 341 g/mol. The van der Waals surface area contributed by atoms with Crippen molar-refractivity contribution in [3.63, 3.8) is 0 Å². The van der Waals surface area contributed by atoms with Gasteiger partial charge in [0.15, 0.2) is 0 Å². The van der Waals surface area contributed by atoms with E-state index in [0.29, 0.717) is 4.75 Å². The topological polar surface area (TPSA) is 53.1 Å². The zero-order chi connectivity index (χ0) is 14.0. The Balaban J connectivity index is 2.32. The molecule has 1 saturated heterocycles. The molecule has 0 atom stereocenters. The first-order chi connectivity index (χ1) is 8.91. The van der Waals surface area contributed by atoms with Crippen LogP contribution in [0.3, 0.4) is 0 Å². The predicted molar refractivity (Wildman–Crippen MR) is 88.5 cm³/mol. The van der Waals surface area contributed by atoms with Crippen LogP contribution in [0.5, 0.6) is 0 Å². The average molecular weight is 342 g/mol. The molecule has 0 radical (unpaired) electrons. The lowest BCUT2D eigenvalue weighted by atomic mass is 10.1. The summed E-state index contributed by atoms with van der Waals surface area (Å²) in [6.07, 6.45) is 1.14. The lowest BCUT2D eigenvalue weighted by Gasteiger charge is -2.26. The number of anilines is 1. The lowest BCUT2D eigenvalue weighted by Crippen LogP contribution is -2.29. The number of rotatable bonds is 2. The summed E-state index contributed by atoms with van der Waals surface area (Å²) >= 11 is 5.52. The van der Waals surface area contributed by atoms with E-state index in [9.17, 15) is 0 Å². The maximum atomic E-state index is 7.78. The maximum absolute atomic E-state index is 7.78. The summed E-state index contributed by atoms with van der Waals surface area (Å²) in [7, 11) is 0. The molecule has 1 aliphatic rings. The molecule has 0 unspecified atom stereocenters. The van der Waals surface area contributed by atoms with Crippen LogP contribution in [0, 0.1) is 5.41 Å². The molecule has 5 heteroatoms. The van der Waals surface area contributed by atoms with Gasteiger partial charge in [-0.1, -0.05) is 19.9 Å². The number of nitrogen functional groups attached to an aromatic ring is 1. The molecule has 0 aromatic heterocycles. The first-order valence-corrected chi connectivity index (χ1v) is 8.20. The highest BCUT2D eigenvalue weighted by atomic mass is 79.9. The SMILES string of the molecule is CC1(C)CCN(c2cccc(Br)c2C(=N)N)CCS1. The summed E-state index contributed by atoms with van der Waals surface area (Å²) in [4.78, 5) is 2.35. The van der Waals surface area contributed by atoms with E-state index in [-0.39, 0.29) is 5.84 Å². The van der Waals surface area contributed by atoms with E-state index in [0.717, 1.165) is 41.0 Å². The summed E-state index contributed by atoms with van der Waals surface area (Å²) in [6, 6.07) is 6.01. The number of nitrogens with two attached hydrogens (primary N) is 1. The van der Waals surface area contributed by atoms with Crippen LogP contribution in [0.1, 0.15) is 25.8 Å². The Morgan fingerprint density at radius 3 is 2.84 bits per heavy atom. The van der Waals surface area contributed by atoms with Crippen molar-refractivity contribution in [1.82, 2.24) is 0 Å². The minimum Gasteiger partial charge on any atom is -0.384 e. The summed E-state index contributed by atoms with van der Waals surface area (Å²) in [6.45, 7) is 6.61. The van der Waals surface area contributed by atoms with Gasteiger partial charge >= 0.3 is 0 Å². The van der Waals surface area contributed by atoms with Crippen LogP contribution in [0.25, 0.3) is 0 Å². The van der Waals surface area contributed by atoms with E-state index in [2.05, 4.69) is 40.7 Å². The fraction of sp³-hybridized carbons (Fsp3) is 0.500. The highest BCUT2D eigenvalue weighted by Gasteiger charge is 2.25. The second kappa shape index (κ2) is 5.75. The van der Waals surface area contributed by atoms with Crippen molar-refractivity contribution in [2.45, 2.75) is 25.0 Å². The summed E-state index contributed by atoms with van der Waals surface area (Å²) in [5.74, 6) is 1.23. The first kappa shape index (κ1) is 14.7. The molecule has 3 N–H and O–H groups in total. The summed E-state index contributed by atoms with van der Waals surface area (Å²) in [5.41, 5.74) is 7.62. The van der Waals surface area contributed by atoms with Crippen LogP contribution < -0.4 is 10.6 Å². The molecule has 3 nitrogen and oxygen atoms in total. The number of hydrogen-bond acceptors (Lipinski definition) is 3. The van der Waals surface area contributed by atoms with Gasteiger partial charge in [-0.25, -0.2) is 0 Å². The van der Waals surface area contributed by atoms with Crippen LogP contribution in [-0.4, -0.2) is 29.4 Å². The van der Waals surface area contributed by atoms with Crippen molar-refractivity contribution >= 4 is 39.2 Å². The molecule has 1 heterocycles. The Bertz CT molecular complexity index is 488. The Morgan fingerprint density at radius 2 is 2.16 bits per heavy atom. The van der Waals surface area contributed by atoms with Gasteiger partial charge in [0, 0.05) is 33.7 Å². The highest BCUT2D eigenvalue weighted by molar-refractivity contribution is 9.10. The number of thioether (sulfide) groups is 1. The Hall–Kier alpha value is -0.680. The molecule has 0 spiro atoms. The van der Waals surface area contributed by atoms with Crippen LogP contribution in [0.2, 0.25) is 0 Å². The third-order valence-electron chi connectivity index (χ3n) is 3.44. The molecule has 0 saturated carbocycles. The minimum absolute atomic E-state index is 0.124. The van der Waals surface area contributed by atoms with Gasteiger partial charge in [-0.05, 0) is 34.5 Å². The second-order valence-corrected chi connectivity index (χ2v) is 8.05. The molecule has 2 rings (SSSR count). The van der Waals surface area contributed by atoms with Crippen molar-refractivity contribution in [1.29, 1.82) is 5.41 Å². The molecule has 19 heavy (non-hydrogen) atoms. The third kappa shape index (κ3) is 3.45. The lowest BCUT2D eigenvalue weighted by molar-refractivity contribution is 0.637. The van der Waals surface area contributed by atoms with E-state index in [1.54, 1.807) is 0 Å². The average Bonchev–Trinajstić information content (AvgIpc) is 2.49. The molecule has 104 valence electrons. The molecular formula is C14H20BrN3S. The standard InChI is InChI=1S/C14H20BrN3S/c1-14(2)6-7-18(8-9-19-14)11-5-3-4-10(15)12(11)13(16)17/h3-5H,6-9H2,1-2H3,(H3,16,17). The number of benzene rings is 1. The van der Waals surface area contributed by atoms with E-state index in [1.807, 2.05) is 23.9 Å². The Kier molecular flexibility index (Phi) is 4.46. The van der Waals surface area contributed by atoms with Crippen molar-refractivity contribution < 1.29 is 0 Å². The summed E-state index contributed by atoms with van der Waals surface area (Å²) < 4.78 is 1.23. The minimum atomic E-state index is 0.124. The van der Waals surface area contributed by atoms with Gasteiger partial charge in [-0.2, -0.15) is 11.8 Å². The number of nitrogens with one attached hydrogen (secondary N) is 1. The van der Waals surface area contributed by atoms with Crippen molar-refractivity contribution in [3.8, 4) is 0 Å². The molecule has 1 aromatic carbocycles. The molecule has 0 amide bonds. The van der Waals surface area contributed by atoms with Gasteiger partial charge in [-0.15, -0.1) is 0 Å². The second-order valence-electron chi connectivity index (χ2n) is 5.39. The molecule has 0 aliphatic carbocycles. The van der Waals surface area contributed by atoms with Gasteiger partial charge in [0.2, 0.25) is 0 Å². The number of amidine groups is 1. The molecule has 1 fully saturated rings. The summed E-state index contributed by atoms with van der Waals surface area (Å²) in [5, 5.41) is 7.78. The van der Waals surface area contributed by atoms with Gasteiger partial charge in [0.1, 0.15) is 5.84 Å². The largest absolute Gasteiger partial charge is 0.384 e. The fourth-order valence-electron chi connectivity index (χ4n) is 2.30. The van der Waals surface area contributed by atoms with Gasteiger partial charge in [0.05, 0.1) is 5.56 Å². The van der Waals surface area contributed by atoms with Crippen LogP contribution in [0.4, 0.5) is 5.69 Å². The first-order valence-electron chi connectivity index (χ1n) is 6.42. The smallest absolute Gasteiger partial charge is 0.126 e. The van der Waals surface area contributed by atoms with Crippen molar-refractivity contribution in [2.24, 2.45) is 5.73 Å². The molecular weight excluding hydrogens is 322 g/mol. The van der Waals surface area contributed by atoms with E-state index in [4.69, 9.17) is 11.1 Å². The van der Waals surface area contributed by atoms with E-state index in [1.165, 1.54) is 0 Å². The maximum Gasteiger partial charge on any atom is 0.126 e. The quantitative estimate of drug-likeness (QED) is 0.639. The van der Waals surface area contributed by atoms with Crippen LogP contribution in [-0.2, 0) is 0 Å². The Labute approximate surface area is 127 Å². The Morgan fingerprint density at radius 1 is 1.42 bits per heavy atom. The number of halogens is 1. The van der Waals surface area contributed by atoms with Gasteiger partial charge < -0.3 is 10.6 Å². The molecule has 1 aromatic rings. The van der Waals surface area contributed by atoms with Gasteiger partial charge in [-0.3, -0.25) is 5.41 Å². The van der Waals surface area contributed by atoms with E-state index >= 15 is 0 Å². The fourth-order valence-corrected chi connectivity index (χ4v) is 3.97. The molecule has 1 aliphatic heterocycles. The van der Waals surface area contributed by atoms with Crippen LogP contribution in [0.15, 0.2) is 22.7 Å². The predicted octanol–water partition coefficient (Wildman–Crippen LogP) is 3.46. The van der Waals surface area contributed by atoms with Gasteiger partial charge in [0.25, 0.3) is 0 Å². The zero-order valence-electron chi connectivity index (χ0n) is 11.4. The third-order valence-corrected chi connectivity index (χ3v) is 5.47.